The minimum absolute atomic E-state index is 0.112. The summed E-state index contributed by atoms with van der Waals surface area (Å²) in [6.07, 6.45) is 6.61. The van der Waals surface area contributed by atoms with Gasteiger partial charge in [0.2, 0.25) is 10.0 Å². The molecule has 0 spiro atoms. The van der Waals surface area contributed by atoms with Gasteiger partial charge in [0.1, 0.15) is 0 Å². The summed E-state index contributed by atoms with van der Waals surface area (Å²) in [5.41, 5.74) is 2.54. The van der Waals surface area contributed by atoms with E-state index in [9.17, 15) is 21.6 Å². The van der Waals surface area contributed by atoms with E-state index in [1.54, 1.807) is 37.4 Å². The number of carbonyl (C=O) groups excluding carboxylic acids is 1. The first kappa shape index (κ1) is 29.7. The van der Waals surface area contributed by atoms with Crippen molar-refractivity contribution in [2.45, 2.75) is 35.1 Å². The molecule has 0 aromatic heterocycles. The quantitative estimate of drug-likeness (QED) is 0.366. The fourth-order valence-electron chi connectivity index (χ4n) is 4.58. The number of sulfone groups is 1. The van der Waals surface area contributed by atoms with Gasteiger partial charge in [-0.3, -0.25) is 4.79 Å². The maximum Gasteiger partial charge on any atom is 0.250 e. The number of likely N-dealkylation sites (tertiary alicyclic amines) is 1. The molecule has 4 rings (SSSR count). The number of sulfonamides is 1. The fraction of sp³-hybridized carbons (Fsp3) is 0.300. The Morgan fingerprint density at radius 2 is 1.50 bits per heavy atom. The topological polar surface area (TPSA) is 104 Å². The van der Waals surface area contributed by atoms with Crippen LogP contribution in [0.4, 0.5) is 5.69 Å². The van der Waals surface area contributed by atoms with Crippen molar-refractivity contribution < 1.29 is 21.6 Å². The Balaban J connectivity index is 1.28. The SMILES string of the molecule is CN(C(=O)/C=C/c1ccc(S(C)(=O)=O)cc1)c1ccc(S(=O)(=O)NC2CCN(CCc3ccccc3)CC2)cc1. The average molecular weight is 582 g/mol. The fourth-order valence-corrected chi connectivity index (χ4v) is 6.51. The standard InChI is InChI=1S/C30H35N3O5S2/c1-32(30(34)17-10-25-8-13-28(14-9-25)39(2,35)36)27-11-15-29(16-12-27)40(37,38)31-26-19-22-33(23-20-26)21-18-24-6-4-3-5-7-24/h3-17,26,31H,18-23H2,1-2H3/b17-10+. The lowest BCUT2D eigenvalue weighted by molar-refractivity contribution is -0.113. The third-order valence-electron chi connectivity index (χ3n) is 7.06. The van der Waals surface area contributed by atoms with Gasteiger partial charge < -0.3 is 9.80 Å². The van der Waals surface area contributed by atoms with Crippen LogP contribution >= 0.6 is 0 Å². The van der Waals surface area contributed by atoms with Gasteiger partial charge in [-0.2, -0.15) is 0 Å². The summed E-state index contributed by atoms with van der Waals surface area (Å²) in [4.78, 5) is 16.8. The Morgan fingerprint density at radius 1 is 0.900 bits per heavy atom. The average Bonchev–Trinajstić information content (AvgIpc) is 2.95. The number of likely N-dealkylation sites (N-methyl/N-ethyl adjacent to an activating group) is 1. The van der Waals surface area contributed by atoms with E-state index in [-0.39, 0.29) is 21.7 Å². The molecule has 3 aromatic rings. The number of hydrogen-bond donors (Lipinski definition) is 1. The number of benzene rings is 3. The number of anilines is 1. The molecule has 1 fully saturated rings. The van der Waals surface area contributed by atoms with Crippen LogP contribution in [0, 0.1) is 0 Å². The zero-order valence-corrected chi connectivity index (χ0v) is 24.4. The van der Waals surface area contributed by atoms with Crippen LogP contribution in [-0.4, -0.2) is 66.6 Å². The highest BCUT2D eigenvalue weighted by molar-refractivity contribution is 7.90. The molecule has 212 valence electrons. The Bertz CT molecular complexity index is 1530. The van der Waals surface area contributed by atoms with Gasteiger partial charge in [0, 0.05) is 37.7 Å². The Hall–Kier alpha value is -3.31. The smallest absolute Gasteiger partial charge is 0.250 e. The van der Waals surface area contributed by atoms with Gasteiger partial charge in [-0.15, -0.1) is 0 Å². The number of rotatable bonds is 10. The Kier molecular flexibility index (Phi) is 9.57. The molecule has 8 nitrogen and oxygen atoms in total. The molecule has 0 unspecified atom stereocenters. The number of amides is 1. The summed E-state index contributed by atoms with van der Waals surface area (Å²) >= 11 is 0. The monoisotopic (exact) mass is 581 g/mol. The zero-order chi connectivity index (χ0) is 28.8. The van der Waals surface area contributed by atoms with Crippen molar-refractivity contribution >= 4 is 37.5 Å². The van der Waals surface area contributed by atoms with E-state index in [4.69, 9.17) is 0 Å². The number of nitrogens with zero attached hydrogens (tertiary/aromatic N) is 2. The third kappa shape index (κ3) is 8.11. The minimum Gasteiger partial charge on any atom is -0.312 e. The predicted molar refractivity (Wildman–Crippen MR) is 158 cm³/mol. The second-order valence-corrected chi connectivity index (χ2v) is 13.8. The van der Waals surface area contributed by atoms with Crippen LogP contribution in [0.3, 0.4) is 0 Å². The van der Waals surface area contributed by atoms with Crippen molar-refractivity contribution in [3.05, 3.63) is 96.1 Å². The van der Waals surface area contributed by atoms with E-state index in [0.717, 1.165) is 45.2 Å². The number of nitrogens with one attached hydrogen (secondary N) is 1. The summed E-state index contributed by atoms with van der Waals surface area (Å²) in [5.74, 6) is -0.306. The van der Waals surface area contributed by atoms with Gasteiger partial charge in [0.25, 0.3) is 5.91 Å². The maximum atomic E-state index is 13.0. The molecule has 0 bridgehead atoms. The predicted octanol–water partition coefficient (Wildman–Crippen LogP) is 3.75. The van der Waals surface area contributed by atoms with Gasteiger partial charge in [0.05, 0.1) is 9.79 Å². The lowest BCUT2D eigenvalue weighted by Gasteiger charge is -2.32. The molecule has 40 heavy (non-hydrogen) atoms. The molecule has 1 heterocycles. The third-order valence-corrected chi connectivity index (χ3v) is 9.73. The lowest BCUT2D eigenvalue weighted by atomic mass is 10.1. The first-order valence-corrected chi connectivity index (χ1v) is 16.5. The molecule has 1 saturated heterocycles. The van der Waals surface area contributed by atoms with Gasteiger partial charge in [-0.1, -0.05) is 42.5 Å². The van der Waals surface area contributed by atoms with Crippen LogP contribution in [0.1, 0.15) is 24.0 Å². The first-order valence-electron chi connectivity index (χ1n) is 13.2. The van der Waals surface area contributed by atoms with E-state index < -0.39 is 19.9 Å². The lowest BCUT2D eigenvalue weighted by Crippen LogP contribution is -2.45. The highest BCUT2D eigenvalue weighted by Gasteiger charge is 2.24. The molecule has 0 saturated carbocycles. The highest BCUT2D eigenvalue weighted by atomic mass is 32.2. The van der Waals surface area contributed by atoms with Crippen LogP contribution in [0.5, 0.6) is 0 Å². The van der Waals surface area contributed by atoms with E-state index in [1.807, 2.05) is 18.2 Å². The van der Waals surface area contributed by atoms with Crippen LogP contribution in [0.15, 0.2) is 94.7 Å². The molecule has 0 aliphatic carbocycles. The van der Waals surface area contributed by atoms with Crippen molar-refractivity contribution in [2.75, 3.05) is 37.8 Å². The molecule has 1 aliphatic rings. The van der Waals surface area contributed by atoms with E-state index >= 15 is 0 Å². The summed E-state index contributed by atoms with van der Waals surface area (Å²) in [6, 6.07) is 22.7. The summed E-state index contributed by atoms with van der Waals surface area (Å²) in [5, 5.41) is 0. The van der Waals surface area contributed by atoms with Gasteiger partial charge in [-0.25, -0.2) is 21.6 Å². The molecule has 1 amide bonds. The first-order chi connectivity index (χ1) is 19.0. The Morgan fingerprint density at radius 3 is 2.10 bits per heavy atom. The summed E-state index contributed by atoms with van der Waals surface area (Å²) < 4.78 is 52.0. The normalized spacial score (nSPS) is 15.3. The molecule has 1 aliphatic heterocycles. The van der Waals surface area contributed by atoms with Crippen LogP contribution < -0.4 is 9.62 Å². The Labute approximate surface area is 237 Å². The van der Waals surface area contributed by atoms with Crippen molar-refractivity contribution in [3.8, 4) is 0 Å². The minimum atomic E-state index is -3.68. The molecule has 0 radical (unpaired) electrons. The second kappa shape index (κ2) is 12.9. The van der Waals surface area contributed by atoms with Crippen LogP contribution in [-0.2, 0) is 31.1 Å². The van der Waals surface area contributed by atoms with Crippen molar-refractivity contribution in [1.82, 2.24) is 9.62 Å². The molecule has 10 heteroatoms. The van der Waals surface area contributed by atoms with Crippen LogP contribution in [0.2, 0.25) is 0 Å². The van der Waals surface area contributed by atoms with E-state index in [0.29, 0.717) is 11.3 Å². The largest absolute Gasteiger partial charge is 0.312 e. The second-order valence-electron chi connectivity index (χ2n) is 10.0. The van der Waals surface area contributed by atoms with E-state index in [1.165, 1.54) is 40.8 Å². The molecular weight excluding hydrogens is 546 g/mol. The van der Waals surface area contributed by atoms with Crippen molar-refractivity contribution in [2.24, 2.45) is 0 Å². The number of piperidine rings is 1. The summed E-state index contributed by atoms with van der Waals surface area (Å²) in [6.45, 7) is 2.66. The van der Waals surface area contributed by atoms with Crippen molar-refractivity contribution in [1.29, 1.82) is 0 Å². The molecule has 0 atom stereocenters. The zero-order valence-electron chi connectivity index (χ0n) is 22.7. The number of carbonyl (C=O) groups is 1. The van der Waals surface area contributed by atoms with Crippen molar-refractivity contribution in [3.63, 3.8) is 0 Å². The van der Waals surface area contributed by atoms with Gasteiger partial charge in [-0.05, 0) is 86.0 Å². The summed E-state index contributed by atoms with van der Waals surface area (Å²) in [7, 11) is -5.37. The maximum absolute atomic E-state index is 13.0. The highest BCUT2D eigenvalue weighted by Crippen LogP contribution is 2.20. The molecule has 3 aromatic carbocycles. The van der Waals surface area contributed by atoms with E-state index in [2.05, 4.69) is 21.8 Å². The van der Waals surface area contributed by atoms with Crippen LogP contribution in [0.25, 0.3) is 6.08 Å². The number of hydrogen-bond acceptors (Lipinski definition) is 6. The van der Waals surface area contributed by atoms with Gasteiger partial charge >= 0.3 is 0 Å². The molecule has 1 N–H and O–H groups in total. The molecular formula is C30H35N3O5S2. The van der Waals surface area contributed by atoms with Gasteiger partial charge in [0.15, 0.2) is 9.84 Å².